The van der Waals surface area contributed by atoms with E-state index in [0.717, 1.165) is 25.7 Å². The fourth-order valence-electron chi connectivity index (χ4n) is 2.43. The normalized spacial score (nSPS) is 17.7. The molecule has 2 rings (SSSR count). The summed E-state index contributed by atoms with van der Waals surface area (Å²) in [4.78, 5) is 17.8. The van der Waals surface area contributed by atoms with Crippen LogP contribution >= 0.6 is 15.9 Å². The van der Waals surface area contributed by atoms with Crippen LogP contribution in [0.15, 0.2) is 22.8 Å². The first-order valence-electron chi connectivity index (χ1n) is 6.10. The van der Waals surface area contributed by atoms with Gasteiger partial charge in [-0.1, -0.05) is 12.8 Å². The summed E-state index contributed by atoms with van der Waals surface area (Å²) < 4.78 is 0.681. The van der Waals surface area contributed by atoms with Crippen molar-refractivity contribution in [3.05, 3.63) is 28.5 Å². The van der Waals surface area contributed by atoms with E-state index in [1.54, 1.807) is 30.3 Å². The quantitative estimate of drug-likeness (QED) is 0.931. The Hall–Kier alpha value is -0.940. The molecule has 1 amide bonds. The smallest absolute Gasteiger partial charge is 0.273 e. The Bertz CT molecular complexity index is 444. The number of rotatable bonds is 3. The molecule has 1 aliphatic rings. The van der Waals surface area contributed by atoms with Gasteiger partial charge in [0.25, 0.3) is 5.91 Å². The van der Waals surface area contributed by atoms with Gasteiger partial charge in [0, 0.05) is 24.3 Å². The Morgan fingerprint density at radius 3 is 2.83 bits per heavy atom. The van der Waals surface area contributed by atoms with Gasteiger partial charge in [-0.25, -0.2) is 4.98 Å². The number of likely N-dealkylation sites (N-methyl/N-ethyl adjacent to an activating group) is 1. The lowest BCUT2D eigenvalue weighted by molar-refractivity contribution is 0.0154. The largest absolute Gasteiger partial charge is 0.388 e. The van der Waals surface area contributed by atoms with Gasteiger partial charge in [-0.2, -0.15) is 0 Å². The van der Waals surface area contributed by atoms with Crippen LogP contribution < -0.4 is 0 Å². The molecule has 0 unspecified atom stereocenters. The summed E-state index contributed by atoms with van der Waals surface area (Å²) in [5.41, 5.74) is -0.326. The van der Waals surface area contributed by atoms with Gasteiger partial charge in [-0.15, -0.1) is 0 Å². The molecule has 1 fully saturated rings. The molecule has 0 bridgehead atoms. The van der Waals surface area contributed by atoms with Crippen LogP contribution in [-0.2, 0) is 0 Å². The average Bonchev–Trinajstić information content (AvgIpc) is 2.75. The van der Waals surface area contributed by atoms with Crippen LogP contribution in [0.4, 0.5) is 0 Å². The highest BCUT2D eigenvalue weighted by Crippen LogP contribution is 2.30. The second-order valence-corrected chi connectivity index (χ2v) is 5.78. The zero-order chi connectivity index (χ0) is 13.2. The lowest BCUT2D eigenvalue weighted by Gasteiger charge is -2.28. The molecule has 1 N–H and O–H groups in total. The maximum atomic E-state index is 12.2. The fourth-order valence-corrected chi connectivity index (χ4v) is 2.85. The molecule has 0 radical (unpaired) electrons. The minimum Gasteiger partial charge on any atom is -0.388 e. The number of pyridine rings is 1. The van der Waals surface area contributed by atoms with E-state index in [4.69, 9.17) is 0 Å². The number of carbonyl (C=O) groups excluding carboxylic acids is 1. The molecule has 1 saturated carbocycles. The van der Waals surface area contributed by atoms with Crippen molar-refractivity contribution in [2.24, 2.45) is 0 Å². The number of aromatic nitrogens is 1. The van der Waals surface area contributed by atoms with Crippen LogP contribution in [0.3, 0.4) is 0 Å². The van der Waals surface area contributed by atoms with Crippen LogP contribution in [0.1, 0.15) is 36.2 Å². The number of aliphatic hydroxyl groups is 1. The van der Waals surface area contributed by atoms with E-state index in [1.807, 2.05) is 0 Å². The van der Waals surface area contributed by atoms with Crippen molar-refractivity contribution in [2.75, 3.05) is 13.6 Å². The first kappa shape index (κ1) is 13.5. The first-order chi connectivity index (χ1) is 8.52. The molecule has 18 heavy (non-hydrogen) atoms. The molecule has 1 aromatic rings. The molecule has 1 heterocycles. The highest BCUT2D eigenvalue weighted by Gasteiger charge is 2.34. The summed E-state index contributed by atoms with van der Waals surface area (Å²) >= 11 is 3.32. The van der Waals surface area contributed by atoms with Crippen molar-refractivity contribution in [3.63, 3.8) is 0 Å². The standard InChI is InChI=1S/C13H17BrN2O2/c1-16(9-13(18)6-2-3-7-13)12(17)11-10(14)5-4-8-15-11/h4-5,8,18H,2-3,6-7,9H2,1H3. The summed E-state index contributed by atoms with van der Waals surface area (Å²) in [5, 5.41) is 10.3. The van der Waals surface area contributed by atoms with Gasteiger partial charge in [0.2, 0.25) is 0 Å². The Morgan fingerprint density at radius 2 is 2.22 bits per heavy atom. The summed E-state index contributed by atoms with van der Waals surface area (Å²) in [7, 11) is 1.71. The third-order valence-corrected chi connectivity index (χ3v) is 4.01. The first-order valence-corrected chi connectivity index (χ1v) is 6.89. The number of hydrogen-bond acceptors (Lipinski definition) is 3. The van der Waals surface area contributed by atoms with Crippen molar-refractivity contribution in [2.45, 2.75) is 31.3 Å². The highest BCUT2D eigenvalue weighted by atomic mass is 79.9. The van der Waals surface area contributed by atoms with Crippen LogP contribution in [0, 0.1) is 0 Å². The topological polar surface area (TPSA) is 53.4 Å². The molecule has 0 saturated heterocycles. The number of amides is 1. The molecular formula is C13H17BrN2O2. The van der Waals surface area contributed by atoms with Crippen LogP contribution in [-0.4, -0.2) is 40.1 Å². The maximum Gasteiger partial charge on any atom is 0.273 e. The lowest BCUT2D eigenvalue weighted by Crippen LogP contribution is -2.42. The number of nitrogens with zero attached hydrogens (tertiary/aromatic N) is 2. The van der Waals surface area contributed by atoms with Gasteiger partial charge >= 0.3 is 0 Å². The molecule has 0 aromatic carbocycles. The van der Waals surface area contributed by atoms with Crippen molar-refractivity contribution < 1.29 is 9.90 Å². The van der Waals surface area contributed by atoms with E-state index in [1.165, 1.54) is 0 Å². The van der Waals surface area contributed by atoms with Crippen molar-refractivity contribution >= 4 is 21.8 Å². The zero-order valence-electron chi connectivity index (χ0n) is 10.4. The Labute approximate surface area is 115 Å². The van der Waals surface area contributed by atoms with E-state index in [2.05, 4.69) is 20.9 Å². The molecular weight excluding hydrogens is 296 g/mol. The second-order valence-electron chi connectivity index (χ2n) is 4.93. The molecule has 0 spiro atoms. The number of carbonyl (C=O) groups is 1. The molecule has 98 valence electrons. The van der Waals surface area contributed by atoms with E-state index >= 15 is 0 Å². The van der Waals surface area contributed by atoms with Gasteiger partial charge in [0.1, 0.15) is 5.69 Å². The van der Waals surface area contributed by atoms with Crippen LogP contribution in [0.25, 0.3) is 0 Å². The van der Waals surface area contributed by atoms with Crippen LogP contribution in [0.2, 0.25) is 0 Å². The predicted molar refractivity (Wildman–Crippen MR) is 72.3 cm³/mol. The third kappa shape index (κ3) is 2.90. The predicted octanol–water partition coefficient (Wildman–Crippen LogP) is 2.22. The second kappa shape index (κ2) is 5.36. The van der Waals surface area contributed by atoms with E-state index in [0.29, 0.717) is 16.7 Å². The highest BCUT2D eigenvalue weighted by molar-refractivity contribution is 9.10. The average molecular weight is 313 g/mol. The summed E-state index contributed by atoms with van der Waals surface area (Å²) in [5.74, 6) is -0.164. The Morgan fingerprint density at radius 1 is 1.56 bits per heavy atom. The minimum atomic E-state index is -0.717. The zero-order valence-corrected chi connectivity index (χ0v) is 12.0. The fraction of sp³-hybridized carbons (Fsp3) is 0.538. The molecule has 1 aliphatic carbocycles. The van der Waals surface area contributed by atoms with Crippen molar-refractivity contribution in [1.82, 2.24) is 9.88 Å². The van der Waals surface area contributed by atoms with E-state index in [-0.39, 0.29) is 5.91 Å². The van der Waals surface area contributed by atoms with Gasteiger partial charge in [-0.05, 0) is 40.9 Å². The SMILES string of the molecule is CN(CC1(O)CCCC1)C(=O)c1ncccc1Br. The Balaban J connectivity index is 2.07. The van der Waals surface area contributed by atoms with Crippen molar-refractivity contribution in [3.8, 4) is 0 Å². The van der Waals surface area contributed by atoms with E-state index < -0.39 is 5.60 Å². The maximum absolute atomic E-state index is 12.2. The molecule has 0 aliphatic heterocycles. The van der Waals surface area contributed by atoms with Gasteiger partial charge in [0.05, 0.1) is 5.60 Å². The molecule has 1 aromatic heterocycles. The van der Waals surface area contributed by atoms with Gasteiger partial charge in [-0.3, -0.25) is 4.79 Å². The monoisotopic (exact) mass is 312 g/mol. The lowest BCUT2D eigenvalue weighted by atomic mass is 10.0. The minimum absolute atomic E-state index is 0.164. The summed E-state index contributed by atoms with van der Waals surface area (Å²) in [6.45, 7) is 0.370. The Kier molecular flexibility index (Phi) is 4.02. The molecule has 5 heteroatoms. The van der Waals surface area contributed by atoms with Gasteiger partial charge in [0.15, 0.2) is 0 Å². The van der Waals surface area contributed by atoms with E-state index in [9.17, 15) is 9.90 Å². The molecule has 4 nitrogen and oxygen atoms in total. The number of hydrogen-bond donors (Lipinski definition) is 1. The third-order valence-electron chi connectivity index (χ3n) is 3.37. The molecule has 0 atom stereocenters. The van der Waals surface area contributed by atoms with Crippen LogP contribution in [0.5, 0.6) is 0 Å². The van der Waals surface area contributed by atoms with Gasteiger partial charge < -0.3 is 10.0 Å². The summed E-state index contributed by atoms with van der Waals surface area (Å²) in [6.07, 6.45) is 5.20. The summed E-state index contributed by atoms with van der Waals surface area (Å²) in [6, 6.07) is 3.56. The number of halogens is 1. The van der Waals surface area contributed by atoms with Crippen molar-refractivity contribution in [1.29, 1.82) is 0 Å².